The number of nitrogens with zero attached hydrogens (tertiary/aromatic N) is 1. The average Bonchev–Trinajstić information content (AvgIpc) is 2.72. The molecule has 0 aliphatic heterocycles. The minimum absolute atomic E-state index is 0.0312. The van der Waals surface area contributed by atoms with Crippen LogP contribution in [-0.4, -0.2) is 35.4 Å². The summed E-state index contributed by atoms with van der Waals surface area (Å²) in [5.74, 6) is -0.777. The monoisotopic (exact) mass is 454 g/mol. The second-order valence-electron chi connectivity index (χ2n) is 6.96. The van der Waals surface area contributed by atoms with Gasteiger partial charge in [0.15, 0.2) is 6.61 Å². The number of hydrogen-bond donors (Lipinski definition) is 1. The van der Waals surface area contributed by atoms with Crippen LogP contribution in [0.3, 0.4) is 0 Å². The van der Waals surface area contributed by atoms with Gasteiger partial charge < -0.3 is 15.0 Å². The summed E-state index contributed by atoms with van der Waals surface area (Å²) in [5, 5.41) is 3.67. The van der Waals surface area contributed by atoms with Crippen LogP contribution in [0.2, 0.25) is 10.0 Å². The lowest BCUT2D eigenvalue weighted by molar-refractivity contribution is -0.142. The molecule has 5 nitrogen and oxygen atoms in total. The third-order valence-corrected chi connectivity index (χ3v) is 5.44. The van der Waals surface area contributed by atoms with Gasteiger partial charge in [-0.1, -0.05) is 36.2 Å². The molecule has 0 saturated carbocycles. The number of halogens is 3. The highest BCUT2D eigenvalue weighted by Crippen LogP contribution is 2.26. The van der Waals surface area contributed by atoms with E-state index in [1.165, 1.54) is 29.2 Å². The number of rotatable bonds is 9. The summed E-state index contributed by atoms with van der Waals surface area (Å²) in [6, 6.07) is 9.57. The molecule has 8 heteroatoms. The van der Waals surface area contributed by atoms with E-state index < -0.39 is 17.8 Å². The van der Waals surface area contributed by atoms with Crippen LogP contribution >= 0.6 is 23.2 Å². The minimum Gasteiger partial charge on any atom is -0.484 e. The second-order valence-corrected chi connectivity index (χ2v) is 7.77. The van der Waals surface area contributed by atoms with Crippen LogP contribution in [0.15, 0.2) is 42.5 Å². The third kappa shape index (κ3) is 6.61. The van der Waals surface area contributed by atoms with E-state index in [0.717, 1.165) is 6.42 Å². The Morgan fingerprint density at radius 3 is 2.27 bits per heavy atom. The minimum atomic E-state index is -0.782. The molecule has 0 fully saturated rings. The van der Waals surface area contributed by atoms with Crippen LogP contribution in [0, 0.1) is 5.82 Å². The van der Waals surface area contributed by atoms with Gasteiger partial charge in [-0.15, -0.1) is 0 Å². The van der Waals surface area contributed by atoms with E-state index in [2.05, 4.69) is 5.32 Å². The molecule has 0 aromatic heterocycles. The topological polar surface area (TPSA) is 58.6 Å². The van der Waals surface area contributed by atoms with Crippen molar-refractivity contribution in [2.75, 3.05) is 6.61 Å². The number of ether oxygens (including phenoxy) is 1. The van der Waals surface area contributed by atoms with Crippen molar-refractivity contribution in [3.63, 3.8) is 0 Å². The molecule has 30 heavy (non-hydrogen) atoms. The Bertz CT molecular complexity index is 857. The summed E-state index contributed by atoms with van der Waals surface area (Å²) in [5.41, 5.74) is 0.541. The molecule has 0 heterocycles. The largest absolute Gasteiger partial charge is 0.484 e. The van der Waals surface area contributed by atoms with E-state index in [4.69, 9.17) is 27.9 Å². The van der Waals surface area contributed by atoms with Crippen molar-refractivity contribution in [3.8, 4) is 5.75 Å². The van der Waals surface area contributed by atoms with Crippen molar-refractivity contribution in [3.05, 3.63) is 63.9 Å². The summed E-state index contributed by atoms with van der Waals surface area (Å²) in [6.07, 6.45) is 0.760. The maximum atomic E-state index is 13.1. The normalized spacial score (nSPS) is 12.7. The molecule has 1 N–H and O–H groups in total. The molecule has 2 amide bonds. The van der Waals surface area contributed by atoms with Crippen LogP contribution in [-0.2, 0) is 16.1 Å². The van der Waals surface area contributed by atoms with Crippen molar-refractivity contribution >= 4 is 35.0 Å². The molecule has 2 rings (SSSR count). The molecule has 0 radical (unpaired) electrons. The van der Waals surface area contributed by atoms with Crippen molar-refractivity contribution < 1.29 is 18.7 Å². The Labute approximate surface area is 186 Å². The highest BCUT2D eigenvalue weighted by atomic mass is 35.5. The molecule has 2 aromatic carbocycles. The first-order valence-electron chi connectivity index (χ1n) is 9.64. The standard InChI is InChI=1S/C22H25Cl2FN2O3/c1-4-14(2)26-22(29)15(3)27(12-18-19(23)6-5-7-20(18)24)21(28)13-30-17-10-8-16(25)9-11-17/h5-11,14-15H,4,12-13H2,1-3H3,(H,26,29)/t14-,15+/m0/s1. The molecule has 162 valence electrons. The lowest BCUT2D eigenvalue weighted by Crippen LogP contribution is -2.50. The molecule has 0 saturated heterocycles. The van der Waals surface area contributed by atoms with E-state index >= 15 is 0 Å². The van der Waals surface area contributed by atoms with E-state index in [0.29, 0.717) is 21.4 Å². The molecular weight excluding hydrogens is 430 g/mol. The van der Waals surface area contributed by atoms with Gasteiger partial charge in [0.1, 0.15) is 17.6 Å². The molecule has 2 atom stereocenters. The van der Waals surface area contributed by atoms with Gasteiger partial charge >= 0.3 is 0 Å². The fraction of sp³-hybridized carbons (Fsp3) is 0.364. The van der Waals surface area contributed by atoms with Gasteiger partial charge in [-0.3, -0.25) is 9.59 Å². The quantitative estimate of drug-likeness (QED) is 0.589. The Hall–Kier alpha value is -2.31. The Balaban J connectivity index is 2.21. The van der Waals surface area contributed by atoms with Crippen molar-refractivity contribution in [2.24, 2.45) is 0 Å². The van der Waals surface area contributed by atoms with Gasteiger partial charge in [-0.25, -0.2) is 4.39 Å². The number of carbonyl (C=O) groups excluding carboxylic acids is 2. The molecule has 0 aliphatic rings. The molecule has 0 unspecified atom stereocenters. The maximum Gasteiger partial charge on any atom is 0.261 e. The highest BCUT2D eigenvalue weighted by molar-refractivity contribution is 6.36. The first-order valence-corrected chi connectivity index (χ1v) is 10.4. The fourth-order valence-corrected chi connectivity index (χ4v) is 3.18. The lowest BCUT2D eigenvalue weighted by Gasteiger charge is -2.30. The van der Waals surface area contributed by atoms with Gasteiger partial charge in [0.2, 0.25) is 5.91 Å². The summed E-state index contributed by atoms with van der Waals surface area (Å²) in [7, 11) is 0. The highest BCUT2D eigenvalue weighted by Gasteiger charge is 2.28. The third-order valence-electron chi connectivity index (χ3n) is 4.73. The SMILES string of the molecule is CC[C@H](C)NC(=O)[C@@H](C)N(Cc1c(Cl)cccc1Cl)C(=O)COc1ccc(F)cc1. The average molecular weight is 455 g/mol. The summed E-state index contributed by atoms with van der Waals surface area (Å²) < 4.78 is 18.5. The summed E-state index contributed by atoms with van der Waals surface area (Å²) in [6.45, 7) is 5.20. The van der Waals surface area contributed by atoms with Crippen LogP contribution < -0.4 is 10.1 Å². The first kappa shape index (κ1) is 24.0. The number of benzene rings is 2. The van der Waals surface area contributed by atoms with Crippen molar-refractivity contribution in [1.82, 2.24) is 10.2 Å². The Kier molecular flexibility index (Phi) is 8.93. The van der Waals surface area contributed by atoms with Crippen LogP contribution in [0.4, 0.5) is 4.39 Å². The predicted octanol–water partition coefficient (Wildman–Crippen LogP) is 4.84. The van der Waals surface area contributed by atoms with Gasteiger partial charge in [-0.05, 0) is 56.7 Å². The molecular formula is C22H25Cl2FN2O3. The van der Waals surface area contributed by atoms with E-state index in [1.807, 2.05) is 13.8 Å². The van der Waals surface area contributed by atoms with E-state index in [1.54, 1.807) is 25.1 Å². The van der Waals surface area contributed by atoms with Gasteiger partial charge in [-0.2, -0.15) is 0 Å². The number of nitrogens with one attached hydrogen (secondary N) is 1. The maximum absolute atomic E-state index is 13.1. The zero-order valence-electron chi connectivity index (χ0n) is 17.1. The van der Waals surface area contributed by atoms with Crippen molar-refractivity contribution in [2.45, 2.75) is 45.8 Å². The van der Waals surface area contributed by atoms with E-state index in [9.17, 15) is 14.0 Å². The zero-order chi connectivity index (χ0) is 22.3. The number of carbonyl (C=O) groups is 2. The summed E-state index contributed by atoms with van der Waals surface area (Å²) in [4.78, 5) is 27.0. The van der Waals surface area contributed by atoms with Crippen LogP contribution in [0.25, 0.3) is 0 Å². The number of hydrogen-bond acceptors (Lipinski definition) is 3. The van der Waals surface area contributed by atoms with Crippen LogP contribution in [0.5, 0.6) is 5.75 Å². The molecule has 0 bridgehead atoms. The number of amides is 2. The second kappa shape index (κ2) is 11.2. The molecule has 0 spiro atoms. The molecule has 2 aromatic rings. The van der Waals surface area contributed by atoms with Gasteiger partial charge in [0.05, 0.1) is 0 Å². The Morgan fingerprint density at radius 2 is 1.70 bits per heavy atom. The fourth-order valence-electron chi connectivity index (χ4n) is 2.66. The van der Waals surface area contributed by atoms with Crippen molar-refractivity contribution in [1.29, 1.82) is 0 Å². The lowest BCUT2D eigenvalue weighted by atomic mass is 10.1. The van der Waals surface area contributed by atoms with Gasteiger partial charge in [0, 0.05) is 28.2 Å². The smallest absolute Gasteiger partial charge is 0.261 e. The predicted molar refractivity (Wildman–Crippen MR) is 116 cm³/mol. The molecule has 0 aliphatic carbocycles. The Morgan fingerprint density at radius 1 is 1.10 bits per heavy atom. The zero-order valence-corrected chi connectivity index (χ0v) is 18.6. The van der Waals surface area contributed by atoms with Gasteiger partial charge in [0.25, 0.3) is 5.91 Å². The summed E-state index contributed by atoms with van der Waals surface area (Å²) >= 11 is 12.5. The van der Waals surface area contributed by atoms with Crippen LogP contribution in [0.1, 0.15) is 32.8 Å². The van der Waals surface area contributed by atoms with E-state index in [-0.39, 0.29) is 25.1 Å². The first-order chi connectivity index (χ1) is 14.2.